The Balaban J connectivity index is 4.19. The number of hydrogen-bond acceptors (Lipinski definition) is 6. The molecule has 0 fully saturated rings. The van der Waals surface area contributed by atoms with Crippen molar-refractivity contribution in [3.05, 3.63) is 48.6 Å². The fourth-order valence-corrected chi connectivity index (χ4v) is 11.2. The first kappa shape index (κ1) is 80.4. The molecule has 0 heterocycles. The summed E-state index contributed by atoms with van der Waals surface area (Å²) >= 11 is 0. The summed E-state index contributed by atoms with van der Waals surface area (Å²) in [6.07, 6.45) is 91.5. The van der Waals surface area contributed by atoms with Crippen LogP contribution >= 0.6 is 0 Å². The molecule has 6 nitrogen and oxygen atoms in total. The molecule has 0 aromatic heterocycles. The van der Waals surface area contributed by atoms with Crippen LogP contribution in [0.1, 0.15) is 406 Å². The average Bonchev–Trinajstić information content (AvgIpc) is 3.49. The molecular formula is C77H142O6. The lowest BCUT2D eigenvalue weighted by atomic mass is 10.0. The molecule has 0 radical (unpaired) electrons. The Hall–Kier alpha value is -2.63. The van der Waals surface area contributed by atoms with Crippen molar-refractivity contribution >= 4 is 17.9 Å². The SMILES string of the molecule is CCCCCCC/C=C\C/C=C\C/C=C\CCCCCCCCCCCCCCCCCCC(=O)OCC(COC(=O)CCCCCCC/C=C\CCCCCCC)OC(=O)CCCCCCCCCCCCCCCCCCCCCC. The molecule has 0 amide bonds. The molecule has 1 atom stereocenters. The molecule has 0 aliphatic rings. The number of ether oxygens (including phenoxy) is 3. The van der Waals surface area contributed by atoms with Crippen molar-refractivity contribution < 1.29 is 28.6 Å². The fourth-order valence-electron chi connectivity index (χ4n) is 11.2. The van der Waals surface area contributed by atoms with Gasteiger partial charge in [-0.1, -0.05) is 352 Å². The van der Waals surface area contributed by atoms with Gasteiger partial charge in [0.1, 0.15) is 13.2 Å². The van der Waals surface area contributed by atoms with Crippen LogP contribution in [0.15, 0.2) is 48.6 Å². The van der Waals surface area contributed by atoms with E-state index in [1.54, 1.807) is 0 Å². The van der Waals surface area contributed by atoms with Crippen molar-refractivity contribution in [1.82, 2.24) is 0 Å². The zero-order valence-corrected chi connectivity index (χ0v) is 56.0. The largest absolute Gasteiger partial charge is 0.462 e. The Morgan fingerprint density at radius 1 is 0.241 bits per heavy atom. The van der Waals surface area contributed by atoms with Crippen molar-refractivity contribution in [1.29, 1.82) is 0 Å². The summed E-state index contributed by atoms with van der Waals surface area (Å²) in [4.78, 5) is 38.5. The van der Waals surface area contributed by atoms with Crippen LogP contribution in [0, 0.1) is 0 Å². The highest BCUT2D eigenvalue weighted by molar-refractivity contribution is 5.71. The monoisotopic (exact) mass is 1160 g/mol. The third-order valence-corrected chi connectivity index (χ3v) is 16.8. The number of rotatable bonds is 69. The van der Waals surface area contributed by atoms with Gasteiger partial charge in [-0.05, 0) is 83.5 Å². The molecule has 0 spiro atoms. The van der Waals surface area contributed by atoms with Crippen LogP contribution in [0.25, 0.3) is 0 Å². The molecule has 0 N–H and O–H groups in total. The number of carbonyl (C=O) groups is 3. The summed E-state index contributed by atoms with van der Waals surface area (Å²) in [5.74, 6) is -0.849. The molecule has 0 aromatic rings. The quantitative estimate of drug-likeness (QED) is 0.0261. The molecule has 1 unspecified atom stereocenters. The van der Waals surface area contributed by atoms with E-state index in [2.05, 4.69) is 69.4 Å². The molecule has 0 aliphatic heterocycles. The Morgan fingerprint density at radius 2 is 0.434 bits per heavy atom. The highest BCUT2D eigenvalue weighted by atomic mass is 16.6. The molecule has 0 rings (SSSR count). The summed E-state index contributed by atoms with van der Waals surface area (Å²) in [6.45, 7) is 6.69. The van der Waals surface area contributed by atoms with E-state index in [1.807, 2.05) is 0 Å². The zero-order valence-electron chi connectivity index (χ0n) is 56.0. The number of hydrogen-bond donors (Lipinski definition) is 0. The lowest BCUT2D eigenvalue weighted by Gasteiger charge is -2.18. The number of allylic oxidation sites excluding steroid dienone is 8. The minimum atomic E-state index is -0.775. The van der Waals surface area contributed by atoms with Crippen LogP contribution < -0.4 is 0 Å². The van der Waals surface area contributed by atoms with Gasteiger partial charge in [-0.25, -0.2) is 0 Å². The topological polar surface area (TPSA) is 78.9 Å². The van der Waals surface area contributed by atoms with Gasteiger partial charge in [-0.3, -0.25) is 14.4 Å². The van der Waals surface area contributed by atoms with E-state index in [9.17, 15) is 14.4 Å². The van der Waals surface area contributed by atoms with Gasteiger partial charge in [0.15, 0.2) is 6.10 Å². The molecule has 0 aliphatic carbocycles. The second-order valence-electron chi connectivity index (χ2n) is 25.2. The van der Waals surface area contributed by atoms with Gasteiger partial charge in [0.25, 0.3) is 0 Å². The normalized spacial score (nSPS) is 12.3. The summed E-state index contributed by atoms with van der Waals surface area (Å²) < 4.78 is 17.0. The van der Waals surface area contributed by atoms with Gasteiger partial charge in [-0.2, -0.15) is 0 Å². The van der Waals surface area contributed by atoms with E-state index >= 15 is 0 Å². The number of unbranched alkanes of at least 4 members (excludes halogenated alkanes) is 50. The molecule has 0 aromatic carbocycles. The van der Waals surface area contributed by atoms with E-state index in [4.69, 9.17) is 14.2 Å². The predicted molar refractivity (Wildman–Crippen MR) is 362 cm³/mol. The van der Waals surface area contributed by atoms with Gasteiger partial charge >= 0.3 is 17.9 Å². The van der Waals surface area contributed by atoms with E-state index < -0.39 is 6.10 Å². The van der Waals surface area contributed by atoms with Crippen LogP contribution in [0.2, 0.25) is 0 Å². The van der Waals surface area contributed by atoms with Crippen molar-refractivity contribution in [3.63, 3.8) is 0 Å². The summed E-state index contributed by atoms with van der Waals surface area (Å²) in [5, 5.41) is 0. The first-order valence-electron chi connectivity index (χ1n) is 37.1. The van der Waals surface area contributed by atoms with Crippen molar-refractivity contribution in [2.45, 2.75) is 412 Å². The first-order chi connectivity index (χ1) is 41.0. The van der Waals surface area contributed by atoms with E-state index in [0.29, 0.717) is 19.3 Å². The Morgan fingerprint density at radius 3 is 0.687 bits per heavy atom. The van der Waals surface area contributed by atoms with Crippen molar-refractivity contribution in [2.24, 2.45) is 0 Å². The minimum absolute atomic E-state index is 0.0702. The second-order valence-corrected chi connectivity index (χ2v) is 25.2. The van der Waals surface area contributed by atoms with Gasteiger partial charge in [-0.15, -0.1) is 0 Å². The van der Waals surface area contributed by atoms with E-state index in [-0.39, 0.29) is 31.1 Å². The summed E-state index contributed by atoms with van der Waals surface area (Å²) in [6, 6.07) is 0. The Labute approximate surface area is 518 Å². The molecule has 83 heavy (non-hydrogen) atoms. The summed E-state index contributed by atoms with van der Waals surface area (Å²) in [5.41, 5.74) is 0. The van der Waals surface area contributed by atoms with Gasteiger partial charge in [0.2, 0.25) is 0 Å². The smallest absolute Gasteiger partial charge is 0.306 e. The Bertz CT molecular complexity index is 1430. The summed E-state index contributed by atoms with van der Waals surface area (Å²) in [7, 11) is 0. The highest BCUT2D eigenvalue weighted by Crippen LogP contribution is 2.19. The van der Waals surface area contributed by atoms with Gasteiger partial charge in [0.05, 0.1) is 0 Å². The lowest BCUT2D eigenvalue weighted by Crippen LogP contribution is -2.30. The molecule has 486 valence electrons. The molecule has 0 saturated heterocycles. The van der Waals surface area contributed by atoms with Crippen LogP contribution in [0.3, 0.4) is 0 Å². The fraction of sp³-hybridized carbons (Fsp3) is 0.857. The number of esters is 3. The van der Waals surface area contributed by atoms with Crippen LogP contribution in [0.5, 0.6) is 0 Å². The van der Waals surface area contributed by atoms with Crippen molar-refractivity contribution in [2.75, 3.05) is 13.2 Å². The minimum Gasteiger partial charge on any atom is -0.462 e. The first-order valence-corrected chi connectivity index (χ1v) is 37.1. The third kappa shape index (κ3) is 70.0. The molecule has 0 bridgehead atoms. The molecule has 0 saturated carbocycles. The zero-order chi connectivity index (χ0) is 59.9. The number of carbonyl (C=O) groups excluding carboxylic acids is 3. The standard InChI is InChI=1S/C77H142O6/c1-4-7-10-13-16-19-22-25-28-30-32-34-35-36-37-38-39-40-41-42-43-44-46-47-49-52-55-58-61-64-67-70-76(79)82-73-74(72-81-75(78)69-66-63-60-57-54-51-27-24-21-18-15-12-9-6-3)83-77(80)71-68-65-62-59-56-53-50-48-45-33-31-29-26-23-20-17-14-11-8-5-2/h22,24-25,27,30,32,35-36,74H,4-21,23,26,28-29,31,33-34,37-73H2,1-3H3/b25-22-,27-24-,32-30-,36-35-. The third-order valence-electron chi connectivity index (χ3n) is 16.8. The van der Waals surface area contributed by atoms with E-state index in [1.165, 1.54) is 289 Å². The maximum atomic E-state index is 13.0. The van der Waals surface area contributed by atoms with Crippen molar-refractivity contribution in [3.8, 4) is 0 Å². The van der Waals surface area contributed by atoms with E-state index in [0.717, 1.165) is 77.0 Å². The molecular weight excluding hydrogens is 1020 g/mol. The molecule has 6 heteroatoms. The van der Waals surface area contributed by atoms with Gasteiger partial charge in [0, 0.05) is 19.3 Å². The maximum absolute atomic E-state index is 13.0. The van der Waals surface area contributed by atoms with Crippen LogP contribution in [-0.4, -0.2) is 37.2 Å². The van der Waals surface area contributed by atoms with Crippen LogP contribution in [-0.2, 0) is 28.6 Å². The predicted octanol–water partition coefficient (Wildman–Crippen LogP) is 25.7. The second kappa shape index (κ2) is 71.8. The van der Waals surface area contributed by atoms with Crippen LogP contribution in [0.4, 0.5) is 0 Å². The lowest BCUT2D eigenvalue weighted by molar-refractivity contribution is -0.167. The van der Waals surface area contributed by atoms with Gasteiger partial charge < -0.3 is 14.2 Å². The average molecular weight is 1160 g/mol. The highest BCUT2D eigenvalue weighted by Gasteiger charge is 2.19. The Kier molecular flexibility index (Phi) is 69.6. The maximum Gasteiger partial charge on any atom is 0.306 e.